The maximum absolute atomic E-state index is 11.5. The van der Waals surface area contributed by atoms with E-state index in [2.05, 4.69) is 25.4 Å². The third-order valence-electron chi connectivity index (χ3n) is 2.35. The molecule has 0 aliphatic rings. The van der Waals surface area contributed by atoms with E-state index < -0.39 is 17.9 Å². The summed E-state index contributed by atoms with van der Waals surface area (Å²) in [5, 5.41) is 0. The Kier molecular flexibility index (Phi) is 5.15. The first-order valence-electron chi connectivity index (χ1n) is 4.99. The van der Waals surface area contributed by atoms with Crippen LogP contribution in [-0.4, -0.2) is 26.2 Å². The molecule has 0 saturated carbocycles. The van der Waals surface area contributed by atoms with Crippen LogP contribution in [-0.2, 0) is 25.5 Å². The molecule has 0 heterocycles. The minimum absolute atomic E-state index is 0.251. The number of carbonyl (C=O) groups is 2. The van der Waals surface area contributed by atoms with Gasteiger partial charge in [0.25, 0.3) is 0 Å². The van der Waals surface area contributed by atoms with Gasteiger partial charge >= 0.3 is 11.9 Å². The zero-order valence-corrected chi connectivity index (χ0v) is 11.2. The summed E-state index contributed by atoms with van der Waals surface area (Å²) in [5.74, 6) is -2.11. The van der Waals surface area contributed by atoms with Crippen LogP contribution in [0.3, 0.4) is 0 Å². The number of methoxy groups -OCH3 is 2. The summed E-state index contributed by atoms with van der Waals surface area (Å²) in [7, 11) is 2.50. The molecule has 0 radical (unpaired) electrons. The molecule has 0 amide bonds. The largest absolute Gasteiger partial charge is 0.468 e. The van der Waals surface area contributed by atoms with Gasteiger partial charge in [0.05, 0.1) is 14.2 Å². The zero-order chi connectivity index (χ0) is 12.8. The van der Waals surface area contributed by atoms with E-state index in [9.17, 15) is 9.59 Å². The molecule has 0 aliphatic carbocycles. The predicted molar refractivity (Wildman–Crippen MR) is 65.4 cm³/mol. The molecule has 0 atom stereocenters. The Morgan fingerprint density at radius 1 is 1.18 bits per heavy atom. The summed E-state index contributed by atoms with van der Waals surface area (Å²) < 4.78 is 10.0. The number of esters is 2. The lowest BCUT2D eigenvalue weighted by molar-refractivity contribution is -0.158. The van der Waals surface area contributed by atoms with Crippen molar-refractivity contribution in [1.29, 1.82) is 0 Å². The molecule has 4 nitrogen and oxygen atoms in total. The second-order valence-electron chi connectivity index (χ2n) is 3.39. The van der Waals surface area contributed by atoms with Crippen LogP contribution in [0.4, 0.5) is 0 Å². The molecule has 0 unspecified atom stereocenters. The van der Waals surface area contributed by atoms with Crippen molar-refractivity contribution < 1.29 is 19.1 Å². The van der Waals surface area contributed by atoms with Gasteiger partial charge in [-0.1, -0.05) is 34.1 Å². The van der Waals surface area contributed by atoms with E-state index in [0.717, 1.165) is 10.0 Å². The van der Waals surface area contributed by atoms with E-state index in [1.807, 2.05) is 24.3 Å². The number of carbonyl (C=O) groups excluding carboxylic acids is 2. The molecule has 17 heavy (non-hydrogen) atoms. The standard InChI is InChI=1S/C12H13BrO4/c1-16-11(14)9(12(15)17-2)7-8-5-3-4-6-10(8)13/h3-6,9H,7H2,1-2H3. The Labute approximate surface area is 108 Å². The molecular formula is C12H13BrO4. The molecule has 0 saturated heterocycles. The van der Waals surface area contributed by atoms with Gasteiger partial charge in [-0.3, -0.25) is 9.59 Å². The van der Waals surface area contributed by atoms with Crippen molar-refractivity contribution in [2.45, 2.75) is 6.42 Å². The van der Waals surface area contributed by atoms with Gasteiger partial charge in [-0.2, -0.15) is 0 Å². The lowest BCUT2D eigenvalue weighted by Crippen LogP contribution is -2.28. The van der Waals surface area contributed by atoms with E-state index >= 15 is 0 Å². The predicted octanol–water partition coefficient (Wildman–Crippen LogP) is 1.95. The van der Waals surface area contributed by atoms with Crippen molar-refractivity contribution >= 4 is 27.9 Å². The topological polar surface area (TPSA) is 52.6 Å². The van der Waals surface area contributed by atoms with Crippen LogP contribution in [0.15, 0.2) is 28.7 Å². The van der Waals surface area contributed by atoms with E-state index in [1.54, 1.807) is 0 Å². The SMILES string of the molecule is COC(=O)C(Cc1ccccc1Br)C(=O)OC. The number of hydrogen-bond acceptors (Lipinski definition) is 4. The molecule has 92 valence electrons. The van der Waals surface area contributed by atoms with Crippen LogP contribution in [0.5, 0.6) is 0 Å². The molecule has 1 aromatic rings. The van der Waals surface area contributed by atoms with Crippen molar-refractivity contribution in [3.8, 4) is 0 Å². The molecule has 1 aromatic carbocycles. The first-order chi connectivity index (χ1) is 8.10. The smallest absolute Gasteiger partial charge is 0.320 e. The van der Waals surface area contributed by atoms with Crippen molar-refractivity contribution in [2.75, 3.05) is 14.2 Å². The van der Waals surface area contributed by atoms with Crippen LogP contribution in [0.2, 0.25) is 0 Å². The van der Waals surface area contributed by atoms with Gasteiger partial charge in [0, 0.05) is 4.47 Å². The van der Waals surface area contributed by atoms with Crippen LogP contribution in [0, 0.1) is 5.92 Å². The second kappa shape index (κ2) is 6.39. The number of ether oxygens (including phenoxy) is 2. The summed E-state index contributed by atoms with van der Waals surface area (Å²) in [6.07, 6.45) is 0.251. The van der Waals surface area contributed by atoms with Gasteiger partial charge in [-0.15, -0.1) is 0 Å². The van der Waals surface area contributed by atoms with Crippen molar-refractivity contribution in [1.82, 2.24) is 0 Å². The van der Waals surface area contributed by atoms with E-state index in [4.69, 9.17) is 0 Å². The highest BCUT2D eigenvalue weighted by molar-refractivity contribution is 9.10. The highest BCUT2D eigenvalue weighted by Crippen LogP contribution is 2.20. The quantitative estimate of drug-likeness (QED) is 0.630. The third kappa shape index (κ3) is 3.56. The van der Waals surface area contributed by atoms with Crippen LogP contribution >= 0.6 is 15.9 Å². The third-order valence-corrected chi connectivity index (χ3v) is 3.13. The van der Waals surface area contributed by atoms with Gasteiger partial charge in [0.1, 0.15) is 0 Å². The summed E-state index contributed by atoms with van der Waals surface area (Å²) in [5.41, 5.74) is 0.855. The van der Waals surface area contributed by atoms with Crippen molar-refractivity contribution in [3.05, 3.63) is 34.3 Å². The fourth-order valence-corrected chi connectivity index (χ4v) is 1.88. The maximum atomic E-state index is 11.5. The lowest BCUT2D eigenvalue weighted by Gasteiger charge is -2.13. The number of halogens is 1. The van der Waals surface area contributed by atoms with Gasteiger partial charge in [0.2, 0.25) is 0 Å². The summed E-state index contributed by atoms with van der Waals surface area (Å²) >= 11 is 3.36. The van der Waals surface area contributed by atoms with E-state index in [0.29, 0.717) is 0 Å². The van der Waals surface area contributed by atoms with Crippen LogP contribution in [0.25, 0.3) is 0 Å². The van der Waals surface area contributed by atoms with Crippen molar-refractivity contribution in [2.24, 2.45) is 5.92 Å². The molecule has 5 heteroatoms. The monoisotopic (exact) mass is 300 g/mol. The minimum atomic E-state index is -0.927. The molecular weight excluding hydrogens is 288 g/mol. The highest BCUT2D eigenvalue weighted by atomic mass is 79.9. The van der Waals surface area contributed by atoms with Crippen molar-refractivity contribution in [3.63, 3.8) is 0 Å². The summed E-state index contributed by atoms with van der Waals surface area (Å²) in [4.78, 5) is 23.0. The average Bonchev–Trinajstić information content (AvgIpc) is 2.36. The molecule has 0 aromatic heterocycles. The Bertz CT molecular complexity index is 401. The number of rotatable bonds is 4. The molecule has 0 fully saturated rings. The summed E-state index contributed by atoms with van der Waals surface area (Å²) in [6, 6.07) is 7.38. The van der Waals surface area contributed by atoms with Crippen LogP contribution in [0.1, 0.15) is 5.56 Å². The normalized spacial score (nSPS) is 10.1. The Morgan fingerprint density at radius 3 is 2.18 bits per heavy atom. The Morgan fingerprint density at radius 2 is 1.71 bits per heavy atom. The van der Waals surface area contributed by atoms with Gasteiger partial charge in [0.15, 0.2) is 5.92 Å². The van der Waals surface area contributed by atoms with Gasteiger partial charge in [-0.25, -0.2) is 0 Å². The molecule has 0 aliphatic heterocycles. The fourth-order valence-electron chi connectivity index (χ4n) is 1.43. The Hall–Kier alpha value is -1.36. The maximum Gasteiger partial charge on any atom is 0.320 e. The molecule has 1 rings (SSSR count). The first kappa shape index (κ1) is 13.7. The second-order valence-corrected chi connectivity index (χ2v) is 4.25. The lowest BCUT2D eigenvalue weighted by atomic mass is 9.99. The summed E-state index contributed by atoms with van der Waals surface area (Å²) in [6.45, 7) is 0. The number of benzene rings is 1. The average molecular weight is 301 g/mol. The zero-order valence-electron chi connectivity index (χ0n) is 9.60. The fraction of sp³-hybridized carbons (Fsp3) is 0.333. The van der Waals surface area contributed by atoms with Crippen LogP contribution < -0.4 is 0 Å². The minimum Gasteiger partial charge on any atom is -0.468 e. The molecule has 0 N–H and O–H groups in total. The molecule has 0 spiro atoms. The first-order valence-corrected chi connectivity index (χ1v) is 5.78. The van der Waals surface area contributed by atoms with Gasteiger partial charge < -0.3 is 9.47 Å². The highest BCUT2D eigenvalue weighted by Gasteiger charge is 2.29. The number of hydrogen-bond donors (Lipinski definition) is 0. The van der Waals surface area contributed by atoms with E-state index in [-0.39, 0.29) is 6.42 Å². The Balaban J connectivity index is 2.91. The van der Waals surface area contributed by atoms with E-state index in [1.165, 1.54) is 14.2 Å². The molecule has 0 bridgehead atoms. The van der Waals surface area contributed by atoms with Gasteiger partial charge in [-0.05, 0) is 18.1 Å².